The van der Waals surface area contributed by atoms with Crippen molar-refractivity contribution in [3.05, 3.63) is 40.7 Å². The molecule has 0 aliphatic carbocycles. The quantitative estimate of drug-likeness (QED) is 0.301. The molecule has 26 heavy (non-hydrogen) atoms. The lowest BCUT2D eigenvalue weighted by molar-refractivity contribution is 0.0996. The molecule has 0 aliphatic rings. The minimum absolute atomic E-state index is 0.0237. The van der Waals surface area contributed by atoms with E-state index < -0.39 is 0 Å². The SMILES string of the molecule is N=C(CCCCCc1ccc(O)cc1)CC(=O)c1nc(Cl)c(N)nc1N. The number of aromatic hydroxyl groups is 1. The molecule has 0 unspecified atom stereocenters. The highest BCUT2D eigenvalue weighted by atomic mass is 35.5. The smallest absolute Gasteiger partial charge is 0.190 e. The summed E-state index contributed by atoms with van der Waals surface area (Å²) in [6.45, 7) is 0. The first-order valence-electron chi connectivity index (χ1n) is 8.32. The topological polar surface area (TPSA) is 139 Å². The van der Waals surface area contributed by atoms with E-state index in [0.29, 0.717) is 12.1 Å². The lowest BCUT2D eigenvalue weighted by Crippen LogP contribution is -2.14. The first kappa shape index (κ1) is 19.7. The molecule has 1 heterocycles. The van der Waals surface area contributed by atoms with Crippen LogP contribution >= 0.6 is 11.6 Å². The van der Waals surface area contributed by atoms with E-state index in [2.05, 4.69) is 9.97 Å². The number of hydrogen-bond acceptors (Lipinski definition) is 7. The molecular formula is C18H22ClN5O2. The molecule has 0 amide bonds. The maximum absolute atomic E-state index is 12.2. The number of nitrogens with zero attached hydrogens (tertiary/aromatic N) is 2. The van der Waals surface area contributed by atoms with Gasteiger partial charge in [-0.2, -0.15) is 0 Å². The summed E-state index contributed by atoms with van der Waals surface area (Å²) in [6, 6.07) is 7.15. The second-order valence-corrected chi connectivity index (χ2v) is 6.42. The number of benzene rings is 1. The van der Waals surface area contributed by atoms with Gasteiger partial charge in [-0.15, -0.1) is 0 Å². The van der Waals surface area contributed by atoms with Gasteiger partial charge in [-0.05, 0) is 43.4 Å². The lowest BCUT2D eigenvalue weighted by atomic mass is 10.0. The Morgan fingerprint density at radius 3 is 2.46 bits per heavy atom. The molecule has 6 N–H and O–H groups in total. The number of aromatic nitrogens is 2. The molecule has 0 saturated heterocycles. The van der Waals surface area contributed by atoms with Gasteiger partial charge >= 0.3 is 0 Å². The summed E-state index contributed by atoms with van der Waals surface area (Å²) >= 11 is 5.77. The molecule has 1 aromatic carbocycles. The minimum atomic E-state index is -0.383. The Morgan fingerprint density at radius 2 is 1.77 bits per heavy atom. The molecule has 0 spiro atoms. The summed E-state index contributed by atoms with van der Waals surface area (Å²) < 4.78 is 0. The number of unbranched alkanes of at least 4 members (excludes halogenated alkanes) is 2. The number of halogens is 1. The second kappa shape index (κ2) is 9.15. The Hall–Kier alpha value is -2.67. The van der Waals surface area contributed by atoms with E-state index in [1.54, 1.807) is 12.1 Å². The van der Waals surface area contributed by atoms with Crippen molar-refractivity contribution in [2.45, 2.75) is 38.5 Å². The molecule has 2 aromatic rings. The van der Waals surface area contributed by atoms with E-state index in [4.69, 9.17) is 28.5 Å². The van der Waals surface area contributed by atoms with E-state index in [-0.39, 0.29) is 40.4 Å². The first-order valence-corrected chi connectivity index (χ1v) is 8.70. The Bertz CT molecular complexity index is 793. The van der Waals surface area contributed by atoms with E-state index in [1.165, 1.54) is 5.56 Å². The van der Waals surface area contributed by atoms with Crippen LogP contribution in [0.1, 0.15) is 48.2 Å². The normalized spacial score (nSPS) is 10.7. The maximum Gasteiger partial charge on any atom is 0.190 e. The van der Waals surface area contributed by atoms with Crippen molar-refractivity contribution >= 4 is 34.7 Å². The van der Waals surface area contributed by atoms with Gasteiger partial charge in [0.25, 0.3) is 0 Å². The highest BCUT2D eigenvalue weighted by molar-refractivity contribution is 6.31. The number of phenols is 1. The number of carbonyl (C=O) groups excluding carboxylic acids is 1. The van der Waals surface area contributed by atoms with Crippen LogP contribution in [0, 0.1) is 5.41 Å². The van der Waals surface area contributed by atoms with E-state index >= 15 is 0 Å². The van der Waals surface area contributed by atoms with Gasteiger partial charge in [0.1, 0.15) is 5.75 Å². The number of aryl methyl sites for hydroxylation is 1. The van der Waals surface area contributed by atoms with Gasteiger partial charge in [0.15, 0.2) is 28.3 Å². The zero-order valence-electron chi connectivity index (χ0n) is 14.3. The zero-order valence-corrected chi connectivity index (χ0v) is 15.1. The monoisotopic (exact) mass is 375 g/mol. The van der Waals surface area contributed by atoms with Crippen LogP contribution in [-0.4, -0.2) is 26.6 Å². The number of phenolic OH excluding ortho intramolecular Hbond substituents is 1. The summed E-state index contributed by atoms with van der Waals surface area (Å²) in [6.07, 6.45) is 4.16. The van der Waals surface area contributed by atoms with Gasteiger partial charge in [0.05, 0.1) is 6.42 Å². The lowest BCUT2D eigenvalue weighted by Gasteiger charge is -2.07. The van der Waals surface area contributed by atoms with Crippen molar-refractivity contribution in [3.8, 4) is 5.75 Å². The fraction of sp³-hybridized carbons (Fsp3) is 0.333. The third kappa shape index (κ3) is 5.70. The summed E-state index contributed by atoms with van der Waals surface area (Å²) in [5.41, 5.74) is 12.6. The number of carbonyl (C=O) groups is 1. The molecule has 7 nitrogen and oxygen atoms in total. The number of hydrogen-bond donors (Lipinski definition) is 4. The highest BCUT2D eigenvalue weighted by Crippen LogP contribution is 2.19. The average molecular weight is 376 g/mol. The van der Waals surface area contributed by atoms with Crippen LogP contribution in [0.25, 0.3) is 0 Å². The molecule has 0 saturated carbocycles. The molecule has 8 heteroatoms. The summed E-state index contributed by atoms with van der Waals surface area (Å²) in [7, 11) is 0. The van der Waals surface area contributed by atoms with Gasteiger partial charge in [-0.1, -0.05) is 30.2 Å². The second-order valence-electron chi connectivity index (χ2n) is 6.06. The Labute approximate surface area is 156 Å². The van der Waals surface area contributed by atoms with Crippen LogP contribution < -0.4 is 11.5 Å². The van der Waals surface area contributed by atoms with Crippen molar-refractivity contribution in [1.29, 1.82) is 5.41 Å². The minimum Gasteiger partial charge on any atom is -0.508 e. The van der Waals surface area contributed by atoms with Gasteiger partial charge in [0.2, 0.25) is 0 Å². The Balaban J connectivity index is 1.72. The first-order chi connectivity index (χ1) is 12.4. The third-order valence-electron chi connectivity index (χ3n) is 3.92. The molecule has 138 valence electrons. The summed E-state index contributed by atoms with van der Waals surface area (Å²) in [4.78, 5) is 19.8. The van der Waals surface area contributed by atoms with Gasteiger partial charge < -0.3 is 22.0 Å². The summed E-state index contributed by atoms with van der Waals surface area (Å²) in [5, 5.41) is 17.1. The van der Waals surface area contributed by atoms with E-state index in [9.17, 15) is 9.90 Å². The highest BCUT2D eigenvalue weighted by Gasteiger charge is 2.17. The standard InChI is InChI=1S/C18H22ClN5O2/c19-16-18(22)24-17(21)15(23-16)14(26)10-12(20)5-3-1-2-4-11-6-8-13(25)9-7-11/h6-9,20,25H,1-5,10H2,(H4,21,22,24). The molecule has 1 aromatic heterocycles. The fourth-order valence-electron chi connectivity index (χ4n) is 2.52. The number of rotatable bonds is 9. The average Bonchev–Trinajstić information content (AvgIpc) is 2.59. The predicted molar refractivity (Wildman–Crippen MR) is 103 cm³/mol. The van der Waals surface area contributed by atoms with Crippen molar-refractivity contribution in [3.63, 3.8) is 0 Å². The van der Waals surface area contributed by atoms with Crippen molar-refractivity contribution in [1.82, 2.24) is 9.97 Å². The van der Waals surface area contributed by atoms with Crippen LogP contribution in [0.4, 0.5) is 11.6 Å². The molecule has 0 radical (unpaired) electrons. The number of Topliss-reactive ketones (excluding diaryl/α,β-unsaturated/α-hetero) is 1. The van der Waals surface area contributed by atoms with E-state index in [1.807, 2.05) is 12.1 Å². The van der Waals surface area contributed by atoms with E-state index in [0.717, 1.165) is 25.7 Å². The van der Waals surface area contributed by atoms with Crippen LogP contribution in [0.2, 0.25) is 5.15 Å². The number of nitrogens with two attached hydrogens (primary N) is 2. The largest absolute Gasteiger partial charge is 0.508 e. The molecule has 0 atom stereocenters. The number of anilines is 2. The van der Waals surface area contributed by atoms with Gasteiger partial charge in [0, 0.05) is 5.71 Å². The van der Waals surface area contributed by atoms with Crippen LogP contribution in [-0.2, 0) is 6.42 Å². The molecular weight excluding hydrogens is 354 g/mol. The molecule has 0 aliphatic heterocycles. The zero-order chi connectivity index (χ0) is 19.1. The van der Waals surface area contributed by atoms with Crippen molar-refractivity contribution in [2.24, 2.45) is 0 Å². The number of nitrogens with one attached hydrogen (secondary N) is 1. The van der Waals surface area contributed by atoms with Gasteiger partial charge in [-0.3, -0.25) is 4.79 Å². The molecule has 0 bridgehead atoms. The fourth-order valence-corrected chi connectivity index (χ4v) is 2.65. The number of nitrogen functional groups attached to an aromatic ring is 2. The van der Waals surface area contributed by atoms with Crippen molar-refractivity contribution < 1.29 is 9.90 Å². The molecule has 2 rings (SSSR count). The van der Waals surface area contributed by atoms with Crippen LogP contribution in [0.5, 0.6) is 5.75 Å². The molecule has 0 fully saturated rings. The Kier molecular flexibility index (Phi) is 6.91. The van der Waals surface area contributed by atoms with Crippen LogP contribution in [0.3, 0.4) is 0 Å². The van der Waals surface area contributed by atoms with Gasteiger partial charge in [-0.25, -0.2) is 9.97 Å². The van der Waals surface area contributed by atoms with Crippen LogP contribution in [0.15, 0.2) is 24.3 Å². The third-order valence-corrected chi connectivity index (χ3v) is 4.20. The maximum atomic E-state index is 12.2. The predicted octanol–water partition coefficient (Wildman–Crippen LogP) is 3.40. The Morgan fingerprint density at radius 1 is 1.08 bits per heavy atom. The van der Waals surface area contributed by atoms with Crippen molar-refractivity contribution in [2.75, 3.05) is 11.5 Å². The summed E-state index contributed by atoms with van der Waals surface area (Å²) in [5.74, 6) is -0.214. The number of ketones is 1.